The molecular weight excluding hydrogens is 628 g/mol. The summed E-state index contributed by atoms with van der Waals surface area (Å²) in [7, 11) is 0. The van der Waals surface area contributed by atoms with Gasteiger partial charge in [-0.2, -0.15) is 0 Å². The molecule has 3 rings (SSSR count). The summed E-state index contributed by atoms with van der Waals surface area (Å²) >= 11 is 0. The summed E-state index contributed by atoms with van der Waals surface area (Å²) in [5.41, 5.74) is 2.24. The molecule has 0 fully saturated rings. The molecule has 0 N–H and O–H groups in total. The largest absolute Gasteiger partial charge is 0.457 e. The zero-order valence-corrected chi connectivity index (χ0v) is 27.9. The lowest BCUT2D eigenvalue weighted by atomic mass is 9.99. The standard InChI is InChI=1S/C39H36O10/c1-9-26(8)39(44)49-35-20-31(28-13-17-30(18-14-28)47-37(42)24(4)5)34(48-38(43)25(6)7)21-32(35)33(40)19-12-27-10-15-29(16-11-27)45-22-46-36(41)23(2)3/h9-21H,2,4,6,22H2,1,3,5,7-8H3/b19-12+,26-9-. The molecule has 49 heavy (non-hydrogen) atoms. The quantitative estimate of drug-likeness (QED) is 0.0560. The summed E-state index contributed by atoms with van der Waals surface area (Å²) in [5, 5.41) is 0. The van der Waals surface area contributed by atoms with Gasteiger partial charge in [-0.3, -0.25) is 4.79 Å². The number of allylic oxidation sites excluding steroid dienone is 2. The first kappa shape index (κ1) is 37.2. The van der Waals surface area contributed by atoms with E-state index in [0.717, 1.165) is 0 Å². The van der Waals surface area contributed by atoms with Gasteiger partial charge >= 0.3 is 23.9 Å². The molecule has 0 saturated heterocycles. The monoisotopic (exact) mass is 664 g/mol. The Morgan fingerprint density at radius 2 is 1.20 bits per heavy atom. The number of ketones is 1. The first-order valence-corrected chi connectivity index (χ1v) is 14.9. The van der Waals surface area contributed by atoms with Crippen LogP contribution in [0.2, 0.25) is 0 Å². The van der Waals surface area contributed by atoms with E-state index in [1.165, 1.54) is 57.2 Å². The van der Waals surface area contributed by atoms with E-state index in [-0.39, 0.29) is 46.3 Å². The van der Waals surface area contributed by atoms with Gasteiger partial charge in [0.2, 0.25) is 6.79 Å². The molecule has 0 heterocycles. The lowest BCUT2D eigenvalue weighted by Crippen LogP contribution is -2.14. The van der Waals surface area contributed by atoms with Gasteiger partial charge in [-0.1, -0.05) is 56.2 Å². The van der Waals surface area contributed by atoms with Gasteiger partial charge < -0.3 is 23.7 Å². The van der Waals surface area contributed by atoms with Crippen molar-refractivity contribution in [3.63, 3.8) is 0 Å². The van der Waals surface area contributed by atoms with Crippen molar-refractivity contribution in [3.05, 3.63) is 126 Å². The minimum Gasteiger partial charge on any atom is -0.457 e. The maximum absolute atomic E-state index is 13.6. The van der Waals surface area contributed by atoms with Crippen molar-refractivity contribution < 1.29 is 47.7 Å². The lowest BCUT2D eigenvalue weighted by molar-refractivity contribution is -0.145. The van der Waals surface area contributed by atoms with Crippen LogP contribution in [0.4, 0.5) is 0 Å². The number of esters is 4. The van der Waals surface area contributed by atoms with Crippen molar-refractivity contribution in [1.29, 1.82) is 0 Å². The van der Waals surface area contributed by atoms with Crippen molar-refractivity contribution in [3.8, 4) is 34.1 Å². The molecule has 0 saturated carbocycles. The van der Waals surface area contributed by atoms with Crippen LogP contribution in [-0.4, -0.2) is 36.5 Å². The second-order valence-electron chi connectivity index (χ2n) is 10.8. The molecular formula is C39H36O10. The van der Waals surface area contributed by atoms with E-state index in [1.807, 2.05) is 0 Å². The van der Waals surface area contributed by atoms with Crippen LogP contribution >= 0.6 is 0 Å². The molecule has 252 valence electrons. The third-order valence-electron chi connectivity index (χ3n) is 6.65. The van der Waals surface area contributed by atoms with Crippen LogP contribution in [0.15, 0.2) is 115 Å². The second-order valence-corrected chi connectivity index (χ2v) is 10.8. The molecule has 3 aromatic carbocycles. The molecule has 0 aliphatic carbocycles. The van der Waals surface area contributed by atoms with Crippen molar-refractivity contribution in [2.75, 3.05) is 6.79 Å². The van der Waals surface area contributed by atoms with Crippen molar-refractivity contribution >= 4 is 35.7 Å². The van der Waals surface area contributed by atoms with Crippen LogP contribution in [0.25, 0.3) is 17.2 Å². The Morgan fingerprint density at radius 1 is 0.653 bits per heavy atom. The number of hydrogen-bond donors (Lipinski definition) is 0. The Labute approximate surface area is 284 Å². The van der Waals surface area contributed by atoms with Gasteiger partial charge in [-0.25, -0.2) is 19.2 Å². The first-order chi connectivity index (χ1) is 23.2. The Hall–Kier alpha value is -6.29. The van der Waals surface area contributed by atoms with E-state index in [9.17, 15) is 24.0 Å². The fourth-order valence-electron chi connectivity index (χ4n) is 3.74. The Balaban J connectivity index is 2.01. The Bertz CT molecular complexity index is 1870. The van der Waals surface area contributed by atoms with E-state index < -0.39 is 29.7 Å². The van der Waals surface area contributed by atoms with E-state index in [1.54, 1.807) is 56.3 Å². The Morgan fingerprint density at radius 3 is 1.78 bits per heavy atom. The Kier molecular flexibility index (Phi) is 12.9. The summed E-state index contributed by atoms with van der Waals surface area (Å²) in [6, 6.07) is 15.6. The van der Waals surface area contributed by atoms with Crippen LogP contribution in [0.5, 0.6) is 23.0 Å². The number of carbonyl (C=O) groups is 5. The topological polar surface area (TPSA) is 132 Å². The van der Waals surface area contributed by atoms with Crippen LogP contribution in [0.1, 0.15) is 50.5 Å². The summed E-state index contributed by atoms with van der Waals surface area (Å²) in [6.07, 6.45) is 4.37. The summed E-state index contributed by atoms with van der Waals surface area (Å²) in [4.78, 5) is 62.6. The van der Waals surface area contributed by atoms with Crippen LogP contribution in [0.3, 0.4) is 0 Å². The highest BCUT2D eigenvalue weighted by atomic mass is 16.7. The molecule has 0 spiro atoms. The van der Waals surface area contributed by atoms with Gasteiger partial charge in [-0.05, 0) is 88.2 Å². The molecule has 10 nitrogen and oxygen atoms in total. The molecule has 3 aromatic rings. The minimum absolute atomic E-state index is 0.00663. The molecule has 10 heteroatoms. The summed E-state index contributed by atoms with van der Waals surface area (Å²) < 4.78 is 26.9. The molecule has 0 bridgehead atoms. The van der Waals surface area contributed by atoms with Gasteiger partial charge in [0.05, 0.1) is 5.56 Å². The van der Waals surface area contributed by atoms with Crippen LogP contribution < -0.4 is 18.9 Å². The normalized spacial score (nSPS) is 10.9. The smallest absolute Gasteiger partial charge is 0.338 e. The summed E-state index contributed by atoms with van der Waals surface area (Å²) in [6.45, 7) is 18.2. The van der Waals surface area contributed by atoms with Gasteiger partial charge in [0.1, 0.15) is 23.0 Å². The maximum atomic E-state index is 13.6. The van der Waals surface area contributed by atoms with Gasteiger partial charge in [-0.15, -0.1) is 0 Å². The average Bonchev–Trinajstić information content (AvgIpc) is 3.07. The fraction of sp³-hybridized carbons (Fsp3) is 0.154. The van der Waals surface area contributed by atoms with E-state index in [2.05, 4.69) is 19.7 Å². The third-order valence-corrected chi connectivity index (χ3v) is 6.65. The number of benzene rings is 3. The predicted octanol–water partition coefficient (Wildman–Crippen LogP) is 7.54. The maximum Gasteiger partial charge on any atom is 0.338 e. The number of carbonyl (C=O) groups excluding carboxylic acids is 5. The highest BCUT2D eigenvalue weighted by Gasteiger charge is 2.22. The SMILES string of the molecule is C=C(C)C(=O)OCOc1ccc(/C=C/C(=O)c2cc(OC(=O)C(=C)C)c(-c3ccc(OC(=O)C(=C)C)cc3)cc2OC(=O)/C(C)=C\C)cc1. The highest BCUT2D eigenvalue weighted by Crippen LogP contribution is 2.38. The fourth-order valence-corrected chi connectivity index (χ4v) is 3.74. The number of ether oxygens (including phenoxy) is 5. The predicted molar refractivity (Wildman–Crippen MR) is 184 cm³/mol. The van der Waals surface area contributed by atoms with Gasteiger partial charge in [0.25, 0.3) is 0 Å². The molecule has 0 aliphatic heterocycles. The minimum atomic E-state index is -0.742. The molecule has 0 radical (unpaired) electrons. The van der Waals surface area contributed by atoms with Crippen molar-refractivity contribution in [1.82, 2.24) is 0 Å². The van der Waals surface area contributed by atoms with Crippen molar-refractivity contribution in [2.24, 2.45) is 0 Å². The first-order valence-electron chi connectivity index (χ1n) is 14.9. The zero-order valence-electron chi connectivity index (χ0n) is 27.9. The summed E-state index contributed by atoms with van der Waals surface area (Å²) in [5.74, 6) is -2.59. The molecule has 0 atom stereocenters. The second kappa shape index (κ2) is 17.0. The third kappa shape index (κ3) is 10.6. The van der Waals surface area contributed by atoms with E-state index in [0.29, 0.717) is 28.0 Å². The lowest BCUT2D eigenvalue weighted by Gasteiger charge is -2.16. The molecule has 0 aliphatic rings. The number of hydrogen-bond acceptors (Lipinski definition) is 10. The van der Waals surface area contributed by atoms with Gasteiger partial charge in [0.15, 0.2) is 5.78 Å². The molecule has 0 unspecified atom stereocenters. The van der Waals surface area contributed by atoms with Crippen LogP contribution in [-0.2, 0) is 23.9 Å². The average molecular weight is 665 g/mol. The zero-order chi connectivity index (χ0) is 36.2. The van der Waals surface area contributed by atoms with Crippen molar-refractivity contribution in [2.45, 2.75) is 34.6 Å². The highest BCUT2D eigenvalue weighted by molar-refractivity contribution is 6.10. The van der Waals surface area contributed by atoms with Crippen LogP contribution in [0, 0.1) is 0 Å². The molecule has 0 amide bonds. The van der Waals surface area contributed by atoms with Gasteiger partial charge in [0, 0.05) is 27.9 Å². The molecule has 0 aromatic heterocycles. The number of rotatable bonds is 14. The van der Waals surface area contributed by atoms with E-state index >= 15 is 0 Å². The van der Waals surface area contributed by atoms with E-state index in [4.69, 9.17) is 23.7 Å².